The molecule has 2 aromatic rings. The van der Waals surface area contributed by atoms with Crippen LogP contribution < -0.4 is 25.8 Å². The van der Waals surface area contributed by atoms with Gasteiger partial charge in [-0.25, -0.2) is 0 Å². The first-order valence-electron chi connectivity index (χ1n) is 12.4. The number of imide groups is 1. The van der Waals surface area contributed by atoms with E-state index in [0.29, 0.717) is 35.6 Å². The van der Waals surface area contributed by atoms with Crippen LogP contribution in [0.3, 0.4) is 0 Å². The number of anilines is 1. The number of hydrogen-bond acceptors (Lipinski definition) is 6. The molecule has 2 saturated heterocycles. The van der Waals surface area contributed by atoms with Crippen molar-refractivity contribution in [2.75, 3.05) is 26.1 Å². The summed E-state index contributed by atoms with van der Waals surface area (Å²) >= 11 is 0. The molecule has 0 saturated carbocycles. The van der Waals surface area contributed by atoms with Crippen LogP contribution in [0.25, 0.3) is 0 Å². The number of likely N-dealkylation sites (tertiary alicyclic amines) is 1. The number of para-hydroxylation sites is 1. The van der Waals surface area contributed by atoms with E-state index in [0.717, 1.165) is 11.1 Å². The first kappa shape index (κ1) is 24.8. The second-order valence-corrected chi connectivity index (χ2v) is 9.79. The van der Waals surface area contributed by atoms with Gasteiger partial charge in [0.2, 0.25) is 23.3 Å². The lowest BCUT2D eigenvalue weighted by Crippen LogP contribution is -2.99. The van der Waals surface area contributed by atoms with E-state index in [1.165, 1.54) is 4.90 Å². The number of amides is 4. The summed E-state index contributed by atoms with van der Waals surface area (Å²) in [6.07, 6.45) is 0.988. The van der Waals surface area contributed by atoms with Crippen molar-refractivity contribution in [2.45, 2.75) is 37.8 Å². The largest absolute Gasteiger partial charge is 0.493 e. The van der Waals surface area contributed by atoms with Crippen molar-refractivity contribution in [2.24, 2.45) is 17.6 Å². The molecule has 3 aliphatic rings. The van der Waals surface area contributed by atoms with Gasteiger partial charge < -0.3 is 25.8 Å². The third-order valence-corrected chi connectivity index (χ3v) is 7.97. The van der Waals surface area contributed by atoms with Gasteiger partial charge in [0.25, 0.3) is 5.91 Å². The molecule has 0 bridgehead atoms. The van der Waals surface area contributed by atoms with E-state index in [9.17, 15) is 19.2 Å². The molecule has 5 N–H and O–H groups in total. The normalized spacial score (nSPS) is 25.9. The van der Waals surface area contributed by atoms with Crippen molar-refractivity contribution in [3.05, 3.63) is 53.1 Å². The van der Waals surface area contributed by atoms with Crippen molar-refractivity contribution in [1.29, 1.82) is 0 Å². The maximum atomic E-state index is 13.9. The summed E-state index contributed by atoms with van der Waals surface area (Å²) in [5.74, 6) is -2.31. The lowest BCUT2D eigenvalue weighted by atomic mass is 9.76. The van der Waals surface area contributed by atoms with Crippen LogP contribution in [-0.2, 0) is 37.6 Å². The fraction of sp³-hybridized carbons (Fsp3) is 0.407. The first-order valence-corrected chi connectivity index (χ1v) is 12.4. The number of benzene rings is 2. The van der Waals surface area contributed by atoms with E-state index in [-0.39, 0.29) is 24.8 Å². The molecule has 3 unspecified atom stereocenters. The number of quaternary nitrogens is 1. The van der Waals surface area contributed by atoms with E-state index in [2.05, 4.69) is 5.32 Å². The number of ether oxygens (including phenoxy) is 2. The first-order chi connectivity index (χ1) is 17.8. The number of nitrogens with two attached hydrogens (primary N) is 2. The molecule has 5 rings (SSSR count). The summed E-state index contributed by atoms with van der Waals surface area (Å²) in [6.45, 7) is 2.13. The molecule has 10 heteroatoms. The molecule has 194 valence electrons. The Morgan fingerprint density at radius 2 is 1.86 bits per heavy atom. The van der Waals surface area contributed by atoms with Crippen molar-refractivity contribution < 1.29 is 34.0 Å². The number of nitrogens with zero attached hydrogens (tertiary/aromatic N) is 1. The van der Waals surface area contributed by atoms with Gasteiger partial charge in [-0.05, 0) is 36.1 Å². The Labute approximate surface area is 214 Å². The Morgan fingerprint density at radius 1 is 1.11 bits per heavy atom. The Bertz CT molecular complexity index is 1310. The van der Waals surface area contributed by atoms with Gasteiger partial charge in [-0.3, -0.25) is 24.1 Å². The minimum absolute atomic E-state index is 0.110. The average Bonchev–Trinajstić information content (AvgIpc) is 3.46. The molecule has 4 atom stereocenters. The summed E-state index contributed by atoms with van der Waals surface area (Å²) in [5, 5.41) is 4.70. The number of nitrogens with one attached hydrogen (secondary N) is 1. The predicted molar refractivity (Wildman–Crippen MR) is 133 cm³/mol. The Hall–Kier alpha value is -3.92. The van der Waals surface area contributed by atoms with Gasteiger partial charge in [0.15, 0.2) is 11.5 Å². The van der Waals surface area contributed by atoms with E-state index >= 15 is 0 Å². The van der Waals surface area contributed by atoms with E-state index in [1.807, 2.05) is 37.3 Å². The van der Waals surface area contributed by atoms with Crippen molar-refractivity contribution >= 4 is 29.3 Å². The molecule has 0 aliphatic carbocycles. The third kappa shape index (κ3) is 3.66. The van der Waals surface area contributed by atoms with Gasteiger partial charge in [0, 0.05) is 12.1 Å². The molecule has 3 heterocycles. The lowest BCUT2D eigenvalue weighted by molar-refractivity contribution is -0.732. The molecule has 10 nitrogen and oxygen atoms in total. The summed E-state index contributed by atoms with van der Waals surface area (Å²) in [5.41, 5.74) is 7.39. The Morgan fingerprint density at radius 3 is 2.54 bits per heavy atom. The molecule has 0 radical (unpaired) electrons. The molecule has 3 aliphatic heterocycles. The highest BCUT2D eigenvalue weighted by molar-refractivity contribution is 6.14. The maximum absolute atomic E-state index is 13.9. The molecular formula is C27H31N4O6+. The smallest absolute Gasteiger partial charge is 0.291 e. The zero-order valence-corrected chi connectivity index (χ0v) is 21.1. The molecule has 4 amide bonds. The zero-order chi connectivity index (χ0) is 26.5. The summed E-state index contributed by atoms with van der Waals surface area (Å²) in [4.78, 5) is 54.3. The molecule has 1 spiro atoms. The number of hydrogen-bond donors (Lipinski definition) is 3. The maximum Gasteiger partial charge on any atom is 0.291 e. The fourth-order valence-corrected chi connectivity index (χ4v) is 6.32. The van der Waals surface area contributed by atoms with Gasteiger partial charge in [0.05, 0.1) is 26.3 Å². The number of methoxy groups -OCH3 is 2. The summed E-state index contributed by atoms with van der Waals surface area (Å²) < 4.78 is 10.6. The van der Waals surface area contributed by atoms with E-state index in [1.54, 1.807) is 25.6 Å². The molecular weight excluding hydrogens is 476 g/mol. The van der Waals surface area contributed by atoms with Gasteiger partial charge in [0.1, 0.15) is 17.9 Å². The third-order valence-electron chi connectivity index (χ3n) is 7.97. The minimum Gasteiger partial charge on any atom is -0.493 e. The molecule has 37 heavy (non-hydrogen) atoms. The number of primary amides is 1. The van der Waals surface area contributed by atoms with Crippen LogP contribution in [0.2, 0.25) is 0 Å². The monoisotopic (exact) mass is 507 g/mol. The van der Waals surface area contributed by atoms with Crippen LogP contribution >= 0.6 is 0 Å². The quantitative estimate of drug-likeness (QED) is 0.432. The predicted octanol–water partition coefficient (Wildman–Crippen LogP) is 0.0785. The van der Waals surface area contributed by atoms with Crippen molar-refractivity contribution in [3.8, 4) is 11.5 Å². The number of carbonyl (C=O) groups excluding carboxylic acids is 4. The lowest BCUT2D eigenvalue weighted by Gasteiger charge is -2.26. The molecule has 0 aromatic heterocycles. The second-order valence-electron chi connectivity index (χ2n) is 9.79. The van der Waals surface area contributed by atoms with Gasteiger partial charge >= 0.3 is 0 Å². The molecule has 2 fully saturated rings. The highest BCUT2D eigenvalue weighted by Gasteiger charge is 2.74. The topological polar surface area (TPSA) is 145 Å². The molecule has 2 aromatic carbocycles. The number of aryl methyl sites for hydroxylation is 1. The highest BCUT2D eigenvalue weighted by Crippen LogP contribution is 2.50. The standard InChI is InChI=1S/C27H30N4O6/c1-4-15-6-5-7-16-23(15)29-26(35)27(16)22-21(17(30-27)13-20(28)32)24(33)31(25(22)34)11-10-14-8-9-18(36-2)19(12-14)37-3/h5-9,12,17,21-22,30H,4,10-11,13H2,1-3H3,(H2,28,32)(H,29,35)/p+1/t17?,21?,22?,27-/m0/s1. The van der Waals surface area contributed by atoms with Crippen LogP contribution in [0.5, 0.6) is 11.5 Å². The van der Waals surface area contributed by atoms with Crippen LogP contribution in [0.4, 0.5) is 5.69 Å². The van der Waals surface area contributed by atoms with Crippen LogP contribution in [0.15, 0.2) is 36.4 Å². The summed E-state index contributed by atoms with van der Waals surface area (Å²) in [7, 11) is 3.09. The van der Waals surface area contributed by atoms with Crippen molar-refractivity contribution in [1.82, 2.24) is 4.90 Å². The minimum atomic E-state index is -1.32. The van der Waals surface area contributed by atoms with Gasteiger partial charge in [-0.2, -0.15) is 0 Å². The SMILES string of the molecule is CCc1cccc2c1NC(=O)[C@]21[NH2+]C(CC(N)=O)C2C(=O)N(CCc3ccc(OC)c(OC)c3)C(=O)C21. The number of carbonyl (C=O) groups is 4. The fourth-order valence-electron chi connectivity index (χ4n) is 6.32. The zero-order valence-electron chi connectivity index (χ0n) is 21.1. The van der Waals surface area contributed by atoms with Crippen LogP contribution in [0.1, 0.15) is 30.0 Å². The number of rotatable bonds is 8. The van der Waals surface area contributed by atoms with Crippen LogP contribution in [0, 0.1) is 11.8 Å². The van der Waals surface area contributed by atoms with Crippen molar-refractivity contribution in [3.63, 3.8) is 0 Å². The van der Waals surface area contributed by atoms with E-state index < -0.39 is 35.2 Å². The number of fused-ring (bicyclic) bond motifs is 4. The van der Waals surface area contributed by atoms with Crippen LogP contribution in [-0.4, -0.2) is 55.3 Å². The average molecular weight is 508 g/mol. The van der Waals surface area contributed by atoms with E-state index in [4.69, 9.17) is 15.2 Å². The Balaban J connectivity index is 1.50. The second kappa shape index (κ2) is 9.19. The Kier molecular flexibility index (Phi) is 6.15. The summed E-state index contributed by atoms with van der Waals surface area (Å²) in [6, 6.07) is 10.4. The highest BCUT2D eigenvalue weighted by atomic mass is 16.5. The van der Waals surface area contributed by atoms with Gasteiger partial charge in [-0.15, -0.1) is 0 Å². The van der Waals surface area contributed by atoms with Gasteiger partial charge in [-0.1, -0.05) is 31.2 Å².